The minimum absolute atomic E-state index is 0.0752. The fraction of sp³-hybridized carbons (Fsp3) is 0.318. The van der Waals surface area contributed by atoms with Crippen molar-refractivity contribution in [1.82, 2.24) is 25.5 Å². The van der Waals surface area contributed by atoms with Crippen LogP contribution in [0.1, 0.15) is 24.7 Å². The number of ether oxygens (including phenoxy) is 1. The van der Waals surface area contributed by atoms with E-state index in [1.165, 1.54) is 0 Å². The van der Waals surface area contributed by atoms with E-state index < -0.39 is 5.92 Å². The van der Waals surface area contributed by atoms with Gasteiger partial charge >= 0.3 is 0 Å². The molecule has 9 nitrogen and oxygen atoms in total. The van der Waals surface area contributed by atoms with Gasteiger partial charge in [0.15, 0.2) is 5.82 Å². The number of aryl methyl sites for hydroxylation is 1. The zero-order chi connectivity index (χ0) is 21.8. The molecule has 0 bridgehead atoms. The minimum Gasteiger partial charge on any atom is -0.494 e. The number of carbonyl (C=O) groups is 2. The second-order valence-corrected chi connectivity index (χ2v) is 7.39. The van der Waals surface area contributed by atoms with E-state index in [1.807, 2.05) is 62.4 Å². The van der Waals surface area contributed by atoms with E-state index in [0.29, 0.717) is 19.0 Å². The van der Waals surface area contributed by atoms with Gasteiger partial charge in [-0.1, -0.05) is 17.7 Å². The van der Waals surface area contributed by atoms with Gasteiger partial charge < -0.3 is 15.0 Å². The predicted octanol–water partition coefficient (Wildman–Crippen LogP) is 2.04. The van der Waals surface area contributed by atoms with Crippen molar-refractivity contribution >= 4 is 17.5 Å². The van der Waals surface area contributed by atoms with Crippen molar-refractivity contribution in [1.29, 1.82) is 0 Å². The lowest BCUT2D eigenvalue weighted by atomic mass is 10.1. The zero-order valence-corrected chi connectivity index (χ0v) is 17.5. The number of nitrogens with zero attached hydrogens (tertiary/aromatic N) is 5. The molecule has 2 heterocycles. The Bertz CT molecular complexity index is 1060. The third-order valence-corrected chi connectivity index (χ3v) is 5.19. The summed E-state index contributed by atoms with van der Waals surface area (Å²) in [5.74, 6) is 0.570. The second-order valence-electron chi connectivity index (χ2n) is 7.39. The van der Waals surface area contributed by atoms with Crippen LogP contribution in [0.2, 0.25) is 0 Å². The van der Waals surface area contributed by atoms with Crippen LogP contribution in [-0.2, 0) is 16.1 Å². The highest BCUT2D eigenvalue weighted by Gasteiger charge is 2.35. The van der Waals surface area contributed by atoms with Crippen LogP contribution in [-0.4, -0.2) is 45.2 Å². The first-order chi connectivity index (χ1) is 15.0. The van der Waals surface area contributed by atoms with Crippen LogP contribution < -0.4 is 15.0 Å². The van der Waals surface area contributed by atoms with Crippen molar-refractivity contribution in [2.45, 2.75) is 26.8 Å². The second kappa shape index (κ2) is 8.95. The number of carbonyl (C=O) groups excluding carboxylic acids is 2. The first kappa shape index (κ1) is 20.5. The van der Waals surface area contributed by atoms with Gasteiger partial charge in [-0.05, 0) is 60.7 Å². The fourth-order valence-electron chi connectivity index (χ4n) is 3.53. The maximum Gasteiger partial charge on any atom is 0.227 e. The van der Waals surface area contributed by atoms with E-state index in [0.717, 1.165) is 22.7 Å². The van der Waals surface area contributed by atoms with Gasteiger partial charge in [-0.2, -0.15) is 4.68 Å². The zero-order valence-electron chi connectivity index (χ0n) is 17.5. The van der Waals surface area contributed by atoms with Crippen molar-refractivity contribution in [3.05, 3.63) is 59.9 Å². The Labute approximate surface area is 180 Å². The van der Waals surface area contributed by atoms with Crippen LogP contribution >= 0.6 is 0 Å². The van der Waals surface area contributed by atoms with Gasteiger partial charge in [-0.25, -0.2) is 0 Å². The Morgan fingerprint density at radius 1 is 1.13 bits per heavy atom. The summed E-state index contributed by atoms with van der Waals surface area (Å²) in [6.45, 7) is 5.01. The molecule has 31 heavy (non-hydrogen) atoms. The van der Waals surface area contributed by atoms with Crippen LogP contribution in [0, 0.1) is 12.8 Å². The maximum absolute atomic E-state index is 12.7. The number of nitrogens with one attached hydrogen (secondary N) is 1. The number of benzene rings is 2. The molecule has 1 fully saturated rings. The molecule has 1 unspecified atom stereocenters. The van der Waals surface area contributed by atoms with Crippen molar-refractivity contribution in [2.75, 3.05) is 18.1 Å². The summed E-state index contributed by atoms with van der Waals surface area (Å²) in [5.41, 5.74) is 2.71. The Balaban J connectivity index is 1.37. The van der Waals surface area contributed by atoms with Gasteiger partial charge in [0.1, 0.15) is 5.75 Å². The standard InChI is InChI=1S/C22H24N6O3/c1-3-31-19-10-8-17(9-11-19)27-14-16(12-21(27)29)22(30)23-13-20-24-25-26-28(20)18-6-4-15(2)5-7-18/h4-11,16H,3,12-14H2,1-2H3,(H,23,30). The normalized spacial score (nSPS) is 15.9. The number of rotatable bonds is 7. The highest BCUT2D eigenvalue weighted by atomic mass is 16.5. The molecule has 1 aliphatic rings. The number of tetrazole rings is 1. The first-order valence-electron chi connectivity index (χ1n) is 10.2. The minimum atomic E-state index is -0.428. The largest absolute Gasteiger partial charge is 0.494 e. The topological polar surface area (TPSA) is 102 Å². The third-order valence-electron chi connectivity index (χ3n) is 5.19. The molecule has 2 amide bonds. The van der Waals surface area contributed by atoms with Gasteiger partial charge in [-0.3, -0.25) is 9.59 Å². The Morgan fingerprint density at radius 2 is 1.84 bits per heavy atom. The van der Waals surface area contributed by atoms with Gasteiger partial charge in [0.05, 0.1) is 24.8 Å². The average molecular weight is 420 g/mol. The van der Waals surface area contributed by atoms with E-state index in [9.17, 15) is 9.59 Å². The van der Waals surface area contributed by atoms with Crippen LogP contribution in [0.3, 0.4) is 0 Å². The first-order valence-corrected chi connectivity index (χ1v) is 10.2. The molecule has 0 radical (unpaired) electrons. The molecule has 1 aromatic heterocycles. The molecule has 1 atom stereocenters. The molecule has 1 aliphatic heterocycles. The van der Waals surface area contributed by atoms with Gasteiger partial charge in [0, 0.05) is 18.7 Å². The summed E-state index contributed by atoms with van der Waals surface area (Å²) in [6, 6.07) is 15.1. The summed E-state index contributed by atoms with van der Waals surface area (Å²) < 4.78 is 7.03. The molecule has 0 saturated carbocycles. The third kappa shape index (κ3) is 4.55. The van der Waals surface area contributed by atoms with Gasteiger partial charge in [-0.15, -0.1) is 5.10 Å². The molecule has 0 aliphatic carbocycles. The summed E-state index contributed by atoms with van der Waals surface area (Å²) in [4.78, 5) is 26.8. The Kier molecular flexibility index (Phi) is 5.92. The molecule has 3 aromatic rings. The van der Waals surface area contributed by atoms with Crippen LogP contribution in [0.4, 0.5) is 5.69 Å². The van der Waals surface area contributed by atoms with E-state index in [-0.39, 0.29) is 24.8 Å². The van der Waals surface area contributed by atoms with Gasteiger partial charge in [0.2, 0.25) is 11.8 Å². The summed E-state index contributed by atoms with van der Waals surface area (Å²) in [6.07, 6.45) is 0.169. The smallest absolute Gasteiger partial charge is 0.227 e. The van der Waals surface area contributed by atoms with Crippen LogP contribution in [0.25, 0.3) is 5.69 Å². The Morgan fingerprint density at radius 3 is 2.55 bits per heavy atom. The molecule has 0 spiro atoms. The predicted molar refractivity (Wildman–Crippen MR) is 114 cm³/mol. The van der Waals surface area contributed by atoms with E-state index >= 15 is 0 Å². The maximum atomic E-state index is 12.7. The summed E-state index contributed by atoms with van der Waals surface area (Å²) in [5, 5.41) is 14.6. The highest BCUT2D eigenvalue weighted by molar-refractivity contribution is 6.00. The highest BCUT2D eigenvalue weighted by Crippen LogP contribution is 2.27. The number of anilines is 1. The van der Waals surface area contributed by atoms with Crippen molar-refractivity contribution in [3.63, 3.8) is 0 Å². The molecular weight excluding hydrogens is 396 g/mol. The van der Waals surface area contributed by atoms with E-state index in [4.69, 9.17) is 4.74 Å². The van der Waals surface area contributed by atoms with E-state index in [2.05, 4.69) is 20.8 Å². The summed E-state index contributed by atoms with van der Waals surface area (Å²) in [7, 11) is 0. The molecule has 2 aromatic carbocycles. The number of aromatic nitrogens is 4. The monoisotopic (exact) mass is 420 g/mol. The molecule has 160 valence electrons. The van der Waals surface area contributed by atoms with Crippen molar-refractivity contribution < 1.29 is 14.3 Å². The molecule has 1 saturated heterocycles. The lowest BCUT2D eigenvalue weighted by Crippen LogP contribution is -2.33. The Hall–Kier alpha value is -3.75. The molecule has 9 heteroatoms. The van der Waals surface area contributed by atoms with Crippen LogP contribution in [0.15, 0.2) is 48.5 Å². The molecule has 1 N–H and O–H groups in total. The SMILES string of the molecule is CCOc1ccc(N2CC(C(=O)NCc3nnnn3-c3ccc(C)cc3)CC2=O)cc1. The fourth-order valence-corrected chi connectivity index (χ4v) is 3.53. The average Bonchev–Trinajstić information content (AvgIpc) is 3.40. The van der Waals surface area contributed by atoms with E-state index in [1.54, 1.807) is 9.58 Å². The van der Waals surface area contributed by atoms with Gasteiger partial charge in [0.25, 0.3) is 0 Å². The molecule has 4 rings (SSSR count). The molecular formula is C22H24N6O3. The van der Waals surface area contributed by atoms with Crippen molar-refractivity contribution in [3.8, 4) is 11.4 Å². The quantitative estimate of drug-likeness (QED) is 0.628. The van der Waals surface area contributed by atoms with Crippen molar-refractivity contribution in [2.24, 2.45) is 5.92 Å². The lowest BCUT2D eigenvalue weighted by molar-refractivity contribution is -0.126. The summed E-state index contributed by atoms with van der Waals surface area (Å²) >= 11 is 0. The van der Waals surface area contributed by atoms with Crippen LogP contribution in [0.5, 0.6) is 5.75 Å². The number of amides is 2. The lowest BCUT2D eigenvalue weighted by Gasteiger charge is -2.17. The number of hydrogen-bond acceptors (Lipinski definition) is 6. The number of hydrogen-bond donors (Lipinski definition) is 1.